The quantitative estimate of drug-likeness (QED) is 0.262. The molecule has 0 aliphatic carbocycles. The Kier molecular flexibility index (Phi) is 7.87. The maximum absolute atomic E-state index is 12.1. The summed E-state index contributed by atoms with van der Waals surface area (Å²) >= 11 is 0. The van der Waals surface area contributed by atoms with Crippen molar-refractivity contribution >= 4 is 11.5 Å². The summed E-state index contributed by atoms with van der Waals surface area (Å²) in [4.78, 5) is 12.1. The summed E-state index contributed by atoms with van der Waals surface area (Å²) in [5.74, 6) is 0.167. The maximum Gasteiger partial charge on any atom is 0.168 e. The molecule has 0 bridgehead atoms. The zero-order valence-electron chi connectivity index (χ0n) is 22.8. The molecule has 0 saturated heterocycles. The Bertz CT molecular complexity index is 1310. The van der Waals surface area contributed by atoms with E-state index >= 15 is 0 Å². The van der Waals surface area contributed by atoms with Gasteiger partial charge in [0.05, 0.1) is 12.4 Å². The SMILES string of the molecule is Cn1cc(-c2ccc(C(=O)C(C)(C)C)cc2)cn1.Cn1cc(-c2ccc(CC(C)(C)C)c(N)c2)cn1. The lowest BCUT2D eigenvalue weighted by atomic mass is 9.86. The molecule has 0 aliphatic heterocycles. The smallest absolute Gasteiger partial charge is 0.168 e. The number of nitrogens with zero attached hydrogens (tertiary/aromatic N) is 4. The number of carbonyl (C=O) groups excluding carboxylic acids is 1. The molecule has 6 heteroatoms. The van der Waals surface area contributed by atoms with E-state index in [1.54, 1.807) is 9.36 Å². The molecule has 0 radical (unpaired) electrons. The van der Waals surface area contributed by atoms with E-state index in [1.165, 1.54) is 5.56 Å². The Morgan fingerprint density at radius 3 is 1.69 bits per heavy atom. The molecule has 0 unspecified atom stereocenters. The van der Waals surface area contributed by atoms with E-state index in [2.05, 4.69) is 43.1 Å². The standard InChI is InChI=1S/C15H21N3.C15H18N2O/c1-15(2,3)8-12-6-5-11(7-14(12)16)13-9-17-18(4)10-13;1-15(2,3)14(18)12-7-5-11(6-8-12)13-9-16-17(4)10-13/h5-7,9-10H,8,16H2,1-4H3;5-10H,1-4H3. The molecule has 6 nitrogen and oxygen atoms in total. The van der Waals surface area contributed by atoms with Crippen LogP contribution in [0.2, 0.25) is 0 Å². The van der Waals surface area contributed by atoms with Crippen molar-refractivity contribution in [2.75, 3.05) is 5.73 Å². The van der Waals surface area contributed by atoms with Crippen molar-refractivity contribution < 1.29 is 4.79 Å². The van der Waals surface area contributed by atoms with Crippen LogP contribution in [0.15, 0.2) is 67.3 Å². The predicted octanol–water partition coefficient (Wildman–Crippen LogP) is 6.57. The molecule has 0 saturated carbocycles. The molecule has 2 heterocycles. The van der Waals surface area contributed by atoms with Crippen LogP contribution in [0.4, 0.5) is 5.69 Å². The lowest BCUT2D eigenvalue weighted by molar-refractivity contribution is 0.0858. The molecule has 0 amide bonds. The van der Waals surface area contributed by atoms with E-state index < -0.39 is 0 Å². The molecule has 2 aromatic carbocycles. The largest absolute Gasteiger partial charge is 0.398 e. The maximum atomic E-state index is 12.1. The second-order valence-electron chi connectivity index (χ2n) is 11.6. The van der Waals surface area contributed by atoms with Gasteiger partial charge < -0.3 is 5.73 Å². The van der Waals surface area contributed by atoms with Crippen LogP contribution in [0.3, 0.4) is 0 Å². The molecule has 0 fully saturated rings. The average Bonchev–Trinajstić information content (AvgIpc) is 3.42. The fourth-order valence-electron chi connectivity index (χ4n) is 3.89. The number of rotatable bonds is 4. The molecule has 2 N–H and O–H groups in total. The first-order chi connectivity index (χ1) is 16.7. The minimum Gasteiger partial charge on any atom is -0.398 e. The number of nitrogen functional groups attached to an aromatic ring is 1. The summed E-state index contributed by atoms with van der Waals surface area (Å²) in [6, 6.07) is 14.0. The number of hydrogen-bond donors (Lipinski definition) is 1. The van der Waals surface area contributed by atoms with Gasteiger partial charge in [-0.25, -0.2) is 0 Å². The summed E-state index contributed by atoms with van der Waals surface area (Å²) in [7, 11) is 3.81. The van der Waals surface area contributed by atoms with Crippen LogP contribution >= 0.6 is 0 Å². The van der Waals surface area contributed by atoms with E-state index in [-0.39, 0.29) is 16.6 Å². The van der Waals surface area contributed by atoms with E-state index in [0.29, 0.717) is 0 Å². The highest BCUT2D eigenvalue weighted by Gasteiger charge is 2.22. The number of carbonyl (C=O) groups is 1. The van der Waals surface area contributed by atoms with Crippen molar-refractivity contribution in [2.24, 2.45) is 24.9 Å². The van der Waals surface area contributed by atoms with Gasteiger partial charge >= 0.3 is 0 Å². The third kappa shape index (κ3) is 7.17. The Morgan fingerprint density at radius 1 is 0.778 bits per heavy atom. The van der Waals surface area contributed by atoms with Crippen LogP contribution in [0.1, 0.15) is 57.5 Å². The van der Waals surface area contributed by atoms with Crippen LogP contribution < -0.4 is 5.73 Å². The zero-order valence-corrected chi connectivity index (χ0v) is 22.8. The van der Waals surface area contributed by atoms with Crippen molar-refractivity contribution in [1.82, 2.24) is 19.6 Å². The number of aromatic nitrogens is 4. The second-order valence-corrected chi connectivity index (χ2v) is 11.6. The lowest BCUT2D eigenvalue weighted by Crippen LogP contribution is -2.19. The Morgan fingerprint density at radius 2 is 1.28 bits per heavy atom. The number of benzene rings is 2. The fraction of sp³-hybridized carbons (Fsp3) is 0.367. The van der Waals surface area contributed by atoms with Gasteiger partial charge in [0.25, 0.3) is 0 Å². The van der Waals surface area contributed by atoms with Gasteiger partial charge in [-0.15, -0.1) is 0 Å². The van der Waals surface area contributed by atoms with Crippen molar-refractivity contribution in [3.63, 3.8) is 0 Å². The second kappa shape index (κ2) is 10.5. The van der Waals surface area contributed by atoms with Crippen LogP contribution in [0, 0.1) is 10.8 Å². The molecule has 0 atom stereocenters. The zero-order chi connectivity index (χ0) is 26.7. The normalized spacial score (nSPS) is 11.7. The van der Waals surface area contributed by atoms with Crippen molar-refractivity contribution in [1.29, 1.82) is 0 Å². The molecule has 0 aliphatic rings. The van der Waals surface area contributed by atoms with Gasteiger partial charge in [0, 0.05) is 54.3 Å². The van der Waals surface area contributed by atoms with Gasteiger partial charge in [-0.3, -0.25) is 14.2 Å². The molecular formula is C30H39N5O. The molecule has 4 aromatic rings. The van der Waals surface area contributed by atoms with Crippen molar-refractivity contribution in [2.45, 2.75) is 48.0 Å². The van der Waals surface area contributed by atoms with Gasteiger partial charge in [-0.1, -0.05) is 77.9 Å². The van der Waals surface area contributed by atoms with Gasteiger partial charge in [-0.2, -0.15) is 10.2 Å². The predicted molar refractivity (Wildman–Crippen MR) is 149 cm³/mol. The molecule has 2 aromatic heterocycles. The molecular weight excluding hydrogens is 446 g/mol. The van der Waals surface area contributed by atoms with Crippen LogP contribution in [0.25, 0.3) is 22.3 Å². The number of ketones is 1. The van der Waals surface area contributed by atoms with E-state index in [4.69, 9.17) is 5.73 Å². The summed E-state index contributed by atoms with van der Waals surface area (Å²) in [6.45, 7) is 12.5. The first-order valence-corrected chi connectivity index (χ1v) is 12.2. The monoisotopic (exact) mass is 485 g/mol. The third-order valence-electron chi connectivity index (χ3n) is 5.77. The van der Waals surface area contributed by atoms with Crippen molar-refractivity contribution in [3.8, 4) is 22.3 Å². The molecule has 36 heavy (non-hydrogen) atoms. The van der Waals surface area contributed by atoms with Crippen LogP contribution in [0.5, 0.6) is 0 Å². The minimum atomic E-state index is -0.337. The Labute approximate surface area is 215 Å². The number of aryl methyl sites for hydroxylation is 2. The topological polar surface area (TPSA) is 78.7 Å². The van der Waals surface area contributed by atoms with Crippen LogP contribution in [-0.4, -0.2) is 25.3 Å². The molecule has 0 spiro atoms. The van der Waals surface area contributed by atoms with E-state index in [9.17, 15) is 4.79 Å². The van der Waals surface area contributed by atoms with Gasteiger partial charge in [0.1, 0.15) is 0 Å². The highest BCUT2D eigenvalue weighted by molar-refractivity contribution is 6.00. The average molecular weight is 486 g/mol. The van der Waals surface area contributed by atoms with Crippen molar-refractivity contribution in [3.05, 3.63) is 78.4 Å². The molecule has 4 rings (SSSR count). The summed E-state index contributed by atoms with van der Waals surface area (Å²) < 4.78 is 3.57. The summed E-state index contributed by atoms with van der Waals surface area (Å²) in [5, 5.41) is 8.32. The van der Waals surface area contributed by atoms with E-state index in [1.807, 2.05) is 90.0 Å². The summed E-state index contributed by atoms with van der Waals surface area (Å²) in [5.41, 5.74) is 13.3. The number of hydrogen-bond acceptors (Lipinski definition) is 4. The molecule has 190 valence electrons. The minimum absolute atomic E-state index is 0.167. The highest BCUT2D eigenvalue weighted by atomic mass is 16.1. The van der Waals surface area contributed by atoms with Gasteiger partial charge in [0.15, 0.2) is 5.78 Å². The van der Waals surface area contributed by atoms with Gasteiger partial charge in [0.2, 0.25) is 0 Å². The van der Waals surface area contributed by atoms with E-state index in [0.717, 1.165) is 39.9 Å². The number of Topliss-reactive ketones (excluding diaryl/α,β-unsaturated/α-hetero) is 1. The van der Waals surface area contributed by atoms with Crippen LogP contribution in [-0.2, 0) is 20.5 Å². The Balaban J connectivity index is 0.000000201. The fourth-order valence-corrected chi connectivity index (χ4v) is 3.89. The first kappa shape index (κ1) is 26.9. The summed E-state index contributed by atoms with van der Waals surface area (Å²) in [6.07, 6.45) is 8.63. The number of anilines is 1. The number of nitrogens with two attached hydrogens (primary N) is 1. The van der Waals surface area contributed by atoms with Gasteiger partial charge in [-0.05, 0) is 34.6 Å². The lowest BCUT2D eigenvalue weighted by Gasteiger charge is -2.19. The Hall–Kier alpha value is -3.67. The highest BCUT2D eigenvalue weighted by Crippen LogP contribution is 2.28. The first-order valence-electron chi connectivity index (χ1n) is 12.2. The third-order valence-corrected chi connectivity index (χ3v) is 5.77.